The smallest absolute Gasteiger partial charge is 0.236 e. The molecular formula is C9H18N2OS. The number of hydrogen-bond donors (Lipinski definition) is 2. The average molecular weight is 202 g/mol. The second-order valence-corrected chi connectivity index (χ2v) is 4.93. The van der Waals surface area contributed by atoms with E-state index in [9.17, 15) is 4.79 Å². The van der Waals surface area contributed by atoms with Gasteiger partial charge >= 0.3 is 0 Å². The molecule has 1 fully saturated rings. The van der Waals surface area contributed by atoms with E-state index >= 15 is 0 Å². The fourth-order valence-corrected chi connectivity index (χ4v) is 2.58. The standard InChI is InChI=1S/C9H18N2OS/c1-7(10)9(12)11-6-8-4-2-3-5-13-8/h7-8H,2-6,10H2,1H3,(H,11,12). The Morgan fingerprint density at radius 1 is 1.69 bits per heavy atom. The van der Waals surface area contributed by atoms with Crippen LogP contribution in [0.25, 0.3) is 0 Å². The van der Waals surface area contributed by atoms with Crippen LogP contribution in [0.3, 0.4) is 0 Å². The molecule has 2 atom stereocenters. The van der Waals surface area contributed by atoms with Crippen molar-refractivity contribution in [3.63, 3.8) is 0 Å². The average Bonchev–Trinajstić information content (AvgIpc) is 2.15. The Hall–Kier alpha value is -0.220. The predicted molar refractivity (Wildman–Crippen MR) is 56.8 cm³/mol. The summed E-state index contributed by atoms with van der Waals surface area (Å²) in [4.78, 5) is 11.1. The maximum Gasteiger partial charge on any atom is 0.236 e. The number of nitrogens with two attached hydrogens (primary N) is 1. The number of nitrogens with one attached hydrogen (secondary N) is 1. The van der Waals surface area contributed by atoms with Crippen LogP contribution in [0.5, 0.6) is 0 Å². The first-order valence-corrected chi connectivity index (χ1v) is 5.90. The Morgan fingerprint density at radius 2 is 2.46 bits per heavy atom. The van der Waals surface area contributed by atoms with Gasteiger partial charge in [0.25, 0.3) is 0 Å². The lowest BCUT2D eigenvalue weighted by Crippen LogP contribution is -2.41. The van der Waals surface area contributed by atoms with Gasteiger partial charge in [-0.3, -0.25) is 4.79 Å². The molecule has 0 aromatic heterocycles. The van der Waals surface area contributed by atoms with Gasteiger partial charge in [-0.25, -0.2) is 0 Å². The van der Waals surface area contributed by atoms with Gasteiger partial charge in [0.2, 0.25) is 5.91 Å². The molecule has 3 N–H and O–H groups in total. The fourth-order valence-electron chi connectivity index (χ4n) is 1.34. The molecule has 1 rings (SSSR count). The van der Waals surface area contributed by atoms with E-state index in [1.54, 1.807) is 6.92 Å². The molecule has 76 valence electrons. The normalized spacial score (nSPS) is 25.2. The number of amides is 1. The molecule has 0 aromatic carbocycles. The number of carbonyl (C=O) groups excluding carboxylic acids is 1. The lowest BCUT2D eigenvalue weighted by atomic mass is 10.2. The van der Waals surface area contributed by atoms with Gasteiger partial charge in [-0.15, -0.1) is 0 Å². The maximum absolute atomic E-state index is 11.1. The summed E-state index contributed by atoms with van der Waals surface area (Å²) in [7, 11) is 0. The summed E-state index contributed by atoms with van der Waals surface area (Å²) < 4.78 is 0. The Bertz CT molecular complexity index is 167. The molecule has 0 saturated carbocycles. The van der Waals surface area contributed by atoms with Crippen molar-refractivity contribution in [2.24, 2.45) is 5.73 Å². The quantitative estimate of drug-likeness (QED) is 0.709. The first kappa shape index (κ1) is 10.9. The topological polar surface area (TPSA) is 55.1 Å². The molecule has 0 spiro atoms. The first-order valence-electron chi connectivity index (χ1n) is 4.85. The largest absolute Gasteiger partial charge is 0.354 e. The number of hydrogen-bond acceptors (Lipinski definition) is 3. The maximum atomic E-state index is 11.1. The van der Waals surface area contributed by atoms with Crippen molar-refractivity contribution in [1.82, 2.24) is 5.32 Å². The van der Waals surface area contributed by atoms with Crippen LogP contribution in [0.1, 0.15) is 26.2 Å². The van der Waals surface area contributed by atoms with Gasteiger partial charge in [-0.05, 0) is 25.5 Å². The zero-order chi connectivity index (χ0) is 9.68. The Balaban J connectivity index is 2.13. The number of rotatable bonds is 3. The van der Waals surface area contributed by atoms with Crippen molar-refractivity contribution in [3.05, 3.63) is 0 Å². The van der Waals surface area contributed by atoms with E-state index in [2.05, 4.69) is 5.32 Å². The zero-order valence-corrected chi connectivity index (χ0v) is 8.90. The molecule has 2 unspecified atom stereocenters. The molecule has 1 aliphatic rings. The van der Waals surface area contributed by atoms with E-state index in [1.807, 2.05) is 11.8 Å². The molecule has 0 bridgehead atoms. The molecule has 0 aliphatic carbocycles. The SMILES string of the molecule is CC(N)C(=O)NCC1CCCCS1. The molecule has 13 heavy (non-hydrogen) atoms. The van der Waals surface area contributed by atoms with Crippen molar-refractivity contribution in [1.29, 1.82) is 0 Å². The predicted octanol–water partition coefficient (Wildman–Crippen LogP) is 0.735. The molecule has 0 aromatic rings. The summed E-state index contributed by atoms with van der Waals surface area (Å²) >= 11 is 1.96. The highest BCUT2D eigenvalue weighted by molar-refractivity contribution is 7.99. The van der Waals surface area contributed by atoms with Gasteiger partial charge in [0.15, 0.2) is 0 Å². The van der Waals surface area contributed by atoms with Crippen LogP contribution in [0.2, 0.25) is 0 Å². The molecule has 0 radical (unpaired) electrons. The third-order valence-electron chi connectivity index (χ3n) is 2.19. The van der Waals surface area contributed by atoms with Crippen LogP contribution >= 0.6 is 11.8 Å². The second-order valence-electron chi connectivity index (χ2n) is 3.52. The van der Waals surface area contributed by atoms with E-state index in [0.717, 1.165) is 6.54 Å². The Kier molecular flexibility index (Phi) is 4.59. The van der Waals surface area contributed by atoms with Crippen LogP contribution < -0.4 is 11.1 Å². The molecule has 1 aliphatic heterocycles. The van der Waals surface area contributed by atoms with E-state index in [-0.39, 0.29) is 11.9 Å². The van der Waals surface area contributed by atoms with Gasteiger partial charge in [0.05, 0.1) is 6.04 Å². The minimum absolute atomic E-state index is 0.0360. The summed E-state index contributed by atoms with van der Waals surface area (Å²) in [6.45, 7) is 2.49. The lowest BCUT2D eigenvalue weighted by Gasteiger charge is -2.21. The number of thioether (sulfide) groups is 1. The van der Waals surface area contributed by atoms with Crippen molar-refractivity contribution in [3.8, 4) is 0 Å². The highest BCUT2D eigenvalue weighted by Crippen LogP contribution is 2.24. The minimum Gasteiger partial charge on any atom is -0.354 e. The summed E-state index contributed by atoms with van der Waals surface area (Å²) in [6, 6.07) is -0.381. The van der Waals surface area contributed by atoms with Gasteiger partial charge in [-0.2, -0.15) is 11.8 Å². The lowest BCUT2D eigenvalue weighted by molar-refractivity contribution is -0.121. The van der Waals surface area contributed by atoms with Crippen LogP contribution in [0, 0.1) is 0 Å². The molecule has 4 heteroatoms. The third kappa shape index (κ3) is 4.00. The number of carbonyl (C=O) groups is 1. The summed E-state index contributed by atoms with van der Waals surface area (Å²) in [5.41, 5.74) is 5.43. The monoisotopic (exact) mass is 202 g/mol. The van der Waals surface area contributed by atoms with E-state index in [0.29, 0.717) is 5.25 Å². The van der Waals surface area contributed by atoms with Crippen molar-refractivity contribution >= 4 is 17.7 Å². The summed E-state index contributed by atoms with van der Waals surface area (Å²) in [5, 5.41) is 3.47. The molecule has 3 nitrogen and oxygen atoms in total. The van der Waals surface area contributed by atoms with Crippen molar-refractivity contribution in [2.45, 2.75) is 37.5 Å². The van der Waals surface area contributed by atoms with Crippen LogP contribution in [-0.4, -0.2) is 29.5 Å². The molecule has 1 heterocycles. The third-order valence-corrected chi connectivity index (χ3v) is 3.59. The highest BCUT2D eigenvalue weighted by atomic mass is 32.2. The van der Waals surface area contributed by atoms with Crippen LogP contribution in [-0.2, 0) is 4.79 Å². The van der Waals surface area contributed by atoms with Gasteiger partial charge in [0, 0.05) is 11.8 Å². The minimum atomic E-state index is -0.381. The molecule has 1 saturated heterocycles. The Morgan fingerprint density at radius 3 is 3.00 bits per heavy atom. The Labute approximate surface area is 83.8 Å². The zero-order valence-electron chi connectivity index (χ0n) is 8.08. The van der Waals surface area contributed by atoms with Crippen LogP contribution in [0.4, 0.5) is 0 Å². The van der Waals surface area contributed by atoms with E-state index in [1.165, 1.54) is 25.0 Å². The molecule has 1 amide bonds. The fraction of sp³-hybridized carbons (Fsp3) is 0.889. The summed E-state index contributed by atoms with van der Waals surface area (Å²) in [5.74, 6) is 1.20. The van der Waals surface area contributed by atoms with Crippen LogP contribution in [0.15, 0.2) is 0 Å². The molecular weight excluding hydrogens is 184 g/mol. The second kappa shape index (κ2) is 5.50. The van der Waals surface area contributed by atoms with Gasteiger partial charge in [-0.1, -0.05) is 6.42 Å². The first-order chi connectivity index (χ1) is 6.20. The van der Waals surface area contributed by atoms with Crippen molar-refractivity contribution < 1.29 is 4.79 Å². The van der Waals surface area contributed by atoms with Gasteiger partial charge < -0.3 is 11.1 Å². The summed E-state index contributed by atoms with van der Waals surface area (Å²) in [6.07, 6.45) is 3.85. The van der Waals surface area contributed by atoms with Gasteiger partial charge in [0.1, 0.15) is 0 Å². The van der Waals surface area contributed by atoms with Crippen molar-refractivity contribution in [2.75, 3.05) is 12.3 Å². The van der Waals surface area contributed by atoms with E-state index in [4.69, 9.17) is 5.73 Å². The van der Waals surface area contributed by atoms with E-state index < -0.39 is 0 Å². The highest BCUT2D eigenvalue weighted by Gasteiger charge is 2.15.